The van der Waals surface area contributed by atoms with E-state index in [9.17, 15) is 26.8 Å². The van der Waals surface area contributed by atoms with Crippen molar-refractivity contribution >= 4 is 117 Å². The Morgan fingerprint density at radius 2 is 1.57 bits per heavy atom. The molecule has 0 fully saturated rings. The highest BCUT2D eigenvalue weighted by Crippen LogP contribution is 2.71. The Kier molecular flexibility index (Phi) is 21.6. The number of hydrogen-bond donors (Lipinski definition) is 0. The van der Waals surface area contributed by atoms with Gasteiger partial charge in [-0.05, 0) is 70.9 Å². The number of benzene rings is 4. The topological polar surface area (TPSA) is 86.7 Å². The number of ether oxygens (including phenoxy) is 2. The predicted molar refractivity (Wildman–Crippen MR) is 211 cm³/mol. The van der Waals surface area contributed by atoms with E-state index in [1.807, 2.05) is 30.3 Å². The molecule has 4 unspecified atom stereocenters. The van der Waals surface area contributed by atoms with Crippen molar-refractivity contribution in [2.45, 2.75) is 11.3 Å². The lowest BCUT2D eigenvalue weighted by atomic mass is 10.0. The average molecular weight is 929 g/mol. The average Bonchev–Trinajstić information content (AvgIpc) is 3.05. The number of halogens is 6. The van der Waals surface area contributed by atoms with Crippen LogP contribution >= 0.6 is 95.9 Å². The van der Waals surface area contributed by atoms with Crippen LogP contribution in [-0.2, 0) is 13.8 Å². The largest absolute Gasteiger partial charge is 0.496 e. The summed E-state index contributed by atoms with van der Waals surface area (Å²) in [6.45, 7) is 0.226. The summed E-state index contributed by atoms with van der Waals surface area (Å²) in [5, 5.41) is 0.524. The SMILES string of the molecule is COC(=O)c1ccc(-c2cccc(Br)c2)c(Cl)c1.COc1cccc(C=O)c1Br.O=S(=O)(Cl)c1ccc(C(F)F)cc1.PPP(P)P. The van der Waals surface area contributed by atoms with Crippen molar-refractivity contribution in [3.05, 3.63) is 116 Å². The van der Waals surface area contributed by atoms with Gasteiger partial charge in [0.05, 0.1) is 29.2 Å². The van der Waals surface area contributed by atoms with E-state index in [1.165, 1.54) is 7.11 Å². The second-order valence-corrected chi connectivity index (χ2v) is 27.1. The van der Waals surface area contributed by atoms with Crippen LogP contribution in [0.4, 0.5) is 8.78 Å². The number of alkyl halides is 2. The zero-order valence-corrected chi connectivity index (χ0v) is 35.4. The number of carbonyl (C=O) groups is 2. The van der Waals surface area contributed by atoms with E-state index in [0.29, 0.717) is 26.4 Å². The van der Waals surface area contributed by atoms with E-state index >= 15 is 0 Å². The molecule has 0 bridgehead atoms. The fourth-order valence-corrected chi connectivity index (χ4v) is 5.18. The predicted octanol–water partition coefficient (Wildman–Crippen LogP) is 11.8. The molecule has 0 aliphatic heterocycles. The molecule has 6 nitrogen and oxygen atoms in total. The molecule has 0 N–H and O–H groups in total. The molecule has 4 aromatic rings. The van der Waals surface area contributed by atoms with Gasteiger partial charge in [-0.15, -0.1) is 26.8 Å². The number of esters is 1. The maximum atomic E-state index is 12.0. The Bertz CT molecular complexity index is 1720. The van der Waals surface area contributed by atoms with Gasteiger partial charge in [-0.25, -0.2) is 22.0 Å². The van der Waals surface area contributed by atoms with E-state index in [-0.39, 0.29) is 17.4 Å². The molecule has 47 heavy (non-hydrogen) atoms. The minimum Gasteiger partial charge on any atom is -0.496 e. The lowest BCUT2D eigenvalue weighted by Crippen LogP contribution is -2.00. The summed E-state index contributed by atoms with van der Waals surface area (Å²) >= 11 is 12.9. The number of carbonyl (C=O) groups excluding carboxylic acids is 2. The van der Waals surface area contributed by atoms with Crippen molar-refractivity contribution in [1.29, 1.82) is 0 Å². The Labute approximate surface area is 309 Å². The second kappa shape index (κ2) is 22.9. The molecule has 0 amide bonds. The zero-order valence-electron chi connectivity index (χ0n) is 24.5. The van der Waals surface area contributed by atoms with Crippen LogP contribution in [0.25, 0.3) is 11.1 Å². The smallest absolute Gasteiger partial charge is 0.337 e. The van der Waals surface area contributed by atoms with Crippen molar-refractivity contribution in [2.75, 3.05) is 14.2 Å². The molecule has 0 heterocycles. The number of methoxy groups -OCH3 is 2. The first-order chi connectivity index (χ1) is 22.1. The maximum absolute atomic E-state index is 12.0. The molecule has 0 spiro atoms. The number of aldehydes is 1. The first-order valence-electron chi connectivity index (χ1n) is 12.6. The van der Waals surface area contributed by atoms with Gasteiger partial charge in [-0.2, -0.15) is 0 Å². The quantitative estimate of drug-likeness (QED) is 0.0794. The van der Waals surface area contributed by atoms with Gasteiger partial charge in [-0.1, -0.05) is 78.0 Å². The Balaban J connectivity index is 0.000000338. The molecule has 254 valence electrons. The van der Waals surface area contributed by atoms with Crippen molar-refractivity contribution in [3.8, 4) is 16.9 Å². The van der Waals surface area contributed by atoms with Crippen molar-refractivity contribution in [1.82, 2.24) is 0 Å². The maximum Gasteiger partial charge on any atom is 0.337 e. The Morgan fingerprint density at radius 1 is 0.979 bits per heavy atom. The van der Waals surface area contributed by atoms with Crippen molar-refractivity contribution in [3.63, 3.8) is 0 Å². The summed E-state index contributed by atoms with van der Waals surface area (Å²) < 4.78 is 56.7. The van der Waals surface area contributed by atoms with Crippen LogP contribution in [0.1, 0.15) is 32.7 Å². The molecular formula is C29H29Br2Cl2F2O6P5S. The van der Waals surface area contributed by atoms with Gasteiger partial charge in [0.1, 0.15) is 5.75 Å². The van der Waals surface area contributed by atoms with Gasteiger partial charge in [0.25, 0.3) is 15.5 Å². The molecule has 0 saturated heterocycles. The molecule has 4 aromatic carbocycles. The van der Waals surface area contributed by atoms with Crippen molar-refractivity contribution < 1.29 is 36.3 Å². The van der Waals surface area contributed by atoms with Gasteiger partial charge in [0, 0.05) is 36.9 Å². The number of hydrogen-bond acceptors (Lipinski definition) is 6. The summed E-state index contributed by atoms with van der Waals surface area (Å²) in [5.41, 5.74) is 2.69. The molecule has 0 saturated carbocycles. The van der Waals surface area contributed by atoms with E-state index < -0.39 is 21.4 Å². The third-order valence-corrected chi connectivity index (χ3v) is 20.4. The van der Waals surface area contributed by atoms with Gasteiger partial charge >= 0.3 is 5.97 Å². The molecule has 0 aliphatic carbocycles. The van der Waals surface area contributed by atoms with E-state index in [4.69, 9.17) is 27.0 Å². The first-order valence-corrected chi connectivity index (χ1v) is 25.1. The van der Waals surface area contributed by atoms with Crippen LogP contribution < -0.4 is 4.74 Å². The minimum absolute atomic E-state index is 0.182. The van der Waals surface area contributed by atoms with Crippen LogP contribution in [-0.4, -0.2) is 34.9 Å². The Morgan fingerprint density at radius 3 is 2.02 bits per heavy atom. The zero-order chi connectivity index (χ0) is 35.7. The molecule has 0 aliphatic rings. The summed E-state index contributed by atoms with van der Waals surface area (Å²) in [5.74, 6) is 0.285. The van der Waals surface area contributed by atoms with E-state index in [1.54, 1.807) is 37.4 Å². The molecule has 0 aromatic heterocycles. The highest BCUT2D eigenvalue weighted by molar-refractivity contribution is 9.11. The lowest BCUT2D eigenvalue weighted by Gasteiger charge is -2.07. The number of rotatable bonds is 7. The summed E-state index contributed by atoms with van der Waals surface area (Å²) in [6.07, 6.45) is -1.82. The molecule has 4 rings (SSSR count). The van der Waals surface area contributed by atoms with Crippen molar-refractivity contribution in [2.24, 2.45) is 0 Å². The van der Waals surface area contributed by atoms with Gasteiger partial charge in [-0.3, -0.25) is 4.79 Å². The van der Waals surface area contributed by atoms with Crippen LogP contribution in [0.3, 0.4) is 0 Å². The van der Waals surface area contributed by atoms with E-state index in [2.05, 4.69) is 63.4 Å². The highest BCUT2D eigenvalue weighted by atomic mass is 79.9. The standard InChI is InChI=1S/C14H10BrClO2.C8H7BrO2.C7H5ClF2O2S.H7P5/c1-18-14(17)10-5-6-12(13(16)8-10)9-3-2-4-11(15)7-9;1-11-7-4-2-3-6(5-10)8(7)9;8-13(11,12)6-3-1-5(2-4-6)7(9)10;1-4-5(2)3/h2-8H,1H3;2-5H,1H3;1-4,7H;4H,1-3H2. The van der Waals surface area contributed by atoms with Crippen LogP contribution in [0.5, 0.6) is 5.75 Å². The minimum atomic E-state index is -3.82. The van der Waals surface area contributed by atoms with Crippen LogP contribution in [0.2, 0.25) is 5.02 Å². The normalized spacial score (nSPS) is 10.7. The van der Waals surface area contributed by atoms with Crippen LogP contribution in [0.15, 0.2) is 98.8 Å². The highest BCUT2D eigenvalue weighted by Gasteiger charge is 2.12. The fourth-order valence-electron chi connectivity index (χ4n) is 3.20. The van der Waals surface area contributed by atoms with E-state index in [0.717, 1.165) is 54.1 Å². The summed E-state index contributed by atoms with van der Waals surface area (Å²) in [6, 6.07) is 22.4. The summed E-state index contributed by atoms with van der Waals surface area (Å²) in [4.78, 5) is 21.6. The molecule has 4 atom stereocenters. The monoisotopic (exact) mass is 926 g/mol. The molecular weight excluding hydrogens is 900 g/mol. The second-order valence-electron chi connectivity index (χ2n) is 8.52. The van der Waals surface area contributed by atoms with Crippen LogP contribution in [0, 0.1) is 0 Å². The molecule has 0 radical (unpaired) electrons. The lowest BCUT2D eigenvalue weighted by molar-refractivity contribution is 0.0600. The molecule has 18 heteroatoms. The van der Waals surface area contributed by atoms with Gasteiger partial charge < -0.3 is 9.47 Å². The summed E-state index contributed by atoms with van der Waals surface area (Å²) in [7, 11) is 13.3. The van der Waals surface area contributed by atoms with Gasteiger partial charge in [0.2, 0.25) is 0 Å². The first kappa shape index (κ1) is 44.3. The third-order valence-electron chi connectivity index (χ3n) is 5.43. The van der Waals surface area contributed by atoms with Gasteiger partial charge in [0.15, 0.2) is 6.29 Å². The fraction of sp³-hybridized carbons (Fsp3) is 0.103. The third kappa shape index (κ3) is 16.3. The Hall–Kier alpha value is -0.680.